The molecule has 0 saturated carbocycles. The van der Waals surface area contributed by atoms with E-state index in [1.807, 2.05) is 37.3 Å². The Kier molecular flexibility index (Phi) is 6.73. The van der Waals surface area contributed by atoms with Crippen molar-refractivity contribution in [3.8, 4) is 12.1 Å². The molecule has 0 saturated heterocycles. The maximum Gasteiger partial charge on any atom is 0.123 e. The highest BCUT2D eigenvalue weighted by Crippen LogP contribution is 2.40. The first-order valence-electron chi connectivity index (χ1n) is 9.61. The lowest BCUT2D eigenvalue weighted by atomic mass is 9.74. The third-order valence-corrected chi connectivity index (χ3v) is 5.18. The molecule has 3 aromatic rings. The average molecular weight is 398 g/mol. The molecule has 4 heteroatoms. The summed E-state index contributed by atoms with van der Waals surface area (Å²) in [5.74, 6) is -1.74. The van der Waals surface area contributed by atoms with E-state index in [0.717, 1.165) is 11.1 Å². The molecule has 0 aliphatic carbocycles. The molecule has 30 heavy (non-hydrogen) atoms. The normalized spacial score (nSPS) is 14.2. The fourth-order valence-corrected chi connectivity index (χ4v) is 3.70. The largest absolute Gasteiger partial charge is 0.207 e. The standard InChI is InChI=1S/C26H20F2N2/c1-18(15-22(16-29)19-7-11-23(27)12-8-19)26(21-9-13-24(28)14-10-21)25(17-30)20-5-3-2-4-6-20/h2-15,18,25-26H,1H3. The fraction of sp³-hybridized carbons (Fsp3) is 0.154. The van der Waals surface area contributed by atoms with Gasteiger partial charge in [0.2, 0.25) is 0 Å². The smallest absolute Gasteiger partial charge is 0.123 e. The van der Waals surface area contributed by atoms with Crippen LogP contribution in [0.15, 0.2) is 84.9 Å². The van der Waals surface area contributed by atoms with E-state index in [0.29, 0.717) is 11.1 Å². The molecule has 0 spiro atoms. The van der Waals surface area contributed by atoms with Crippen molar-refractivity contribution in [2.75, 3.05) is 0 Å². The van der Waals surface area contributed by atoms with E-state index in [1.54, 1.807) is 30.3 Å². The van der Waals surface area contributed by atoms with E-state index < -0.39 is 5.92 Å². The van der Waals surface area contributed by atoms with Crippen molar-refractivity contribution in [2.24, 2.45) is 5.92 Å². The summed E-state index contributed by atoms with van der Waals surface area (Å²) in [6.45, 7) is 1.93. The van der Waals surface area contributed by atoms with E-state index in [2.05, 4.69) is 12.1 Å². The van der Waals surface area contributed by atoms with Crippen molar-refractivity contribution in [2.45, 2.75) is 18.8 Å². The molecule has 0 heterocycles. The summed E-state index contributed by atoms with van der Waals surface area (Å²) in [7, 11) is 0. The second-order valence-electron chi connectivity index (χ2n) is 7.15. The lowest BCUT2D eigenvalue weighted by molar-refractivity contribution is 0.507. The number of rotatable bonds is 6. The van der Waals surface area contributed by atoms with Gasteiger partial charge in [-0.05, 0) is 46.9 Å². The van der Waals surface area contributed by atoms with Gasteiger partial charge in [-0.3, -0.25) is 0 Å². The Bertz CT molecular complexity index is 1090. The van der Waals surface area contributed by atoms with Gasteiger partial charge < -0.3 is 0 Å². The van der Waals surface area contributed by atoms with Crippen LogP contribution in [-0.2, 0) is 0 Å². The molecule has 3 atom stereocenters. The van der Waals surface area contributed by atoms with E-state index in [9.17, 15) is 19.3 Å². The van der Waals surface area contributed by atoms with E-state index in [-0.39, 0.29) is 23.5 Å². The molecule has 0 radical (unpaired) electrons. The Morgan fingerprint density at radius 1 is 0.800 bits per heavy atom. The van der Waals surface area contributed by atoms with Crippen molar-refractivity contribution in [1.29, 1.82) is 10.5 Å². The number of nitrogens with zero attached hydrogens (tertiary/aromatic N) is 2. The maximum atomic E-state index is 13.5. The zero-order valence-corrected chi connectivity index (χ0v) is 16.5. The zero-order chi connectivity index (χ0) is 21.5. The Morgan fingerprint density at radius 3 is 1.90 bits per heavy atom. The second kappa shape index (κ2) is 9.63. The molecule has 0 amide bonds. The number of halogens is 2. The third-order valence-electron chi connectivity index (χ3n) is 5.18. The lowest BCUT2D eigenvalue weighted by Gasteiger charge is -2.27. The summed E-state index contributed by atoms with van der Waals surface area (Å²) in [4.78, 5) is 0. The minimum absolute atomic E-state index is 0.222. The van der Waals surface area contributed by atoms with E-state index >= 15 is 0 Å². The van der Waals surface area contributed by atoms with Crippen molar-refractivity contribution < 1.29 is 8.78 Å². The van der Waals surface area contributed by atoms with Gasteiger partial charge in [0.25, 0.3) is 0 Å². The first kappa shape index (κ1) is 21.0. The number of allylic oxidation sites excluding steroid dienone is 2. The van der Waals surface area contributed by atoms with Gasteiger partial charge in [0.15, 0.2) is 0 Å². The predicted octanol–water partition coefficient (Wildman–Crippen LogP) is 6.60. The average Bonchev–Trinajstić information content (AvgIpc) is 2.77. The van der Waals surface area contributed by atoms with Gasteiger partial charge >= 0.3 is 0 Å². The summed E-state index contributed by atoms with van der Waals surface area (Å²) in [5, 5.41) is 19.7. The molecule has 0 fully saturated rings. The Labute approximate surface area is 175 Å². The first-order chi connectivity index (χ1) is 14.5. The molecule has 0 aliphatic rings. The van der Waals surface area contributed by atoms with Gasteiger partial charge in [-0.25, -0.2) is 8.78 Å². The predicted molar refractivity (Wildman–Crippen MR) is 113 cm³/mol. The molecule has 3 unspecified atom stereocenters. The van der Waals surface area contributed by atoms with Crippen LogP contribution in [0.4, 0.5) is 8.78 Å². The highest BCUT2D eigenvalue weighted by Gasteiger charge is 2.29. The van der Waals surface area contributed by atoms with Crippen LogP contribution in [0.3, 0.4) is 0 Å². The highest BCUT2D eigenvalue weighted by molar-refractivity contribution is 5.76. The molecule has 0 N–H and O–H groups in total. The Morgan fingerprint density at radius 2 is 1.37 bits per heavy atom. The van der Waals surface area contributed by atoms with Crippen LogP contribution in [0.2, 0.25) is 0 Å². The maximum absolute atomic E-state index is 13.5. The SMILES string of the molecule is CC(C=C(C#N)c1ccc(F)cc1)C(c1ccc(F)cc1)C(C#N)c1ccccc1. The molecule has 0 bridgehead atoms. The molecule has 2 nitrogen and oxygen atoms in total. The number of benzene rings is 3. The number of hydrogen-bond donors (Lipinski definition) is 0. The molecule has 0 aliphatic heterocycles. The molecular weight excluding hydrogens is 378 g/mol. The molecule has 3 rings (SSSR count). The van der Waals surface area contributed by atoms with E-state index in [4.69, 9.17) is 0 Å². The third kappa shape index (κ3) is 4.80. The topological polar surface area (TPSA) is 47.6 Å². The van der Waals surface area contributed by atoms with Crippen LogP contribution in [0.5, 0.6) is 0 Å². The van der Waals surface area contributed by atoms with Crippen LogP contribution >= 0.6 is 0 Å². The minimum Gasteiger partial charge on any atom is -0.207 e. The fourth-order valence-electron chi connectivity index (χ4n) is 3.70. The number of nitriles is 2. The van der Waals surface area contributed by atoms with Crippen molar-refractivity contribution >= 4 is 5.57 Å². The summed E-state index contributed by atoms with van der Waals surface area (Å²) < 4.78 is 26.8. The molecule has 3 aromatic carbocycles. The Hall–Kier alpha value is -3.76. The van der Waals surface area contributed by atoms with Crippen molar-refractivity contribution in [3.63, 3.8) is 0 Å². The van der Waals surface area contributed by atoms with Gasteiger partial charge in [0.05, 0.1) is 23.6 Å². The number of hydrogen-bond acceptors (Lipinski definition) is 2. The summed E-state index contributed by atoms with van der Waals surface area (Å²) >= 11 is 0. The second-order valence-corrected chi connectivity index (χ2v) is 7.15. The van der Waals surface area contributed by atoms with Crippen LogP contribution in [0.25, 0.3) is 5.57 Å². The Balaban J connectivity index is 2.07. The van der Waals surface area contributed by atoms with Crippen LogP contribution in [0, 0.1) is 40.2 Å². The van der Waals surface area contributed by atoms with Gasteiger partial charge in [-0.2, -0.15) is 10.5 Å². The molecule has 0 aromatic heterocycles. The minimum atomic E-state index is -0.490. The van der Waals surface area contributed by atoms with E-state index in [1.165, 1.54) is 24.3 Å². The van der Waals surface area contributed by atoms with Crippen LogP contribution < -0.4 is 0 Å². The van der Waals surface area contributed by atoms with Crippen molar-refractivity contribution in [1.82, 2.24) is 0 Å². The van der Waals surface area contributed by atoms with Gasteiger partial charge in [0.1, 0.15) is 11.6 Å². The summed E-state index contributed by atoms with van der Waals surface area (Å²) in [6.07, 6.45) is 1.80. The van der Waals surface area contributed by atoms with Crippen molar-refractivity contribution in [3.05, 3.63) is 113 Å². The lowest BCUT2D eigenvalue weighted by Crippen LogP contribution is -2.17. The van der Waals surface area contributed by atoms with Gasteiger partial charge in [0, 0.05) is 5.92 Å². The monoisotopic (exact) mass is 398 g/mol. The van der Waals surface area contributed by atoms with Crippen LogP contribution in [-0.4, -0.2) is 0 Å². The first-order valence-corrected chi connectivity index (χ1v) is 9.61. The van der Waals surface area contributed by atoms with Crippen LogP contribution in [0.1, 0.15) is 35.4 Å². The molecular formula is C26H20F2N2. The van der Waals surface area contributed by atoms with Gasteiger partial charge in [-0.1, -0.05) is 67.6 Å². The summed E-state index contributed by atoms with van der Waals surface area (Å²) in [5.41, 5.74) is 2.68. The zero-order valence-electron chi connectivity index (χ0n) is 16.5. The van der Waals surface area contributed by atoms with Gasteiger partial charge in [-0.15, -0.1) is 0 Å². The highest BCUT2D eigenvalue weighted by atomic mass is 19.1. The quantitative estimate of drug-likeness (QED) is 0.439. The summed E-state index contributed by atoms with van der Waals surface area (Å²) in [6, 6.07) is 25.9. The molecule has 148 valence electrons.